The monoisotopic (exact) mass is 254 g/mol. The van der Waals surface area contributed by atoms with Gasteiger partial charge in [0.25, 0.3) is 0 Å². The summed E-state index contributed by atoms with van der Waals surface area (Å²) in [7, 11) is 2.04. The van der Waals surface area contributed by atoms with E-state index in [0.717, 1.165) is 26.2 Å². The van der Waals surface area contributed by atoms with Gasteiger partial charge in [-0.3, -0.25) is 0 Å². The number of aliphatic hydroxyl groups excluding tert-OH is 2. The van der Waals surface area contributed by atoms with Crippen molar-refractivity contribution in [3.8, 4) is 0 Å². The summed E-state index contributed by atoms with van der Waals surface area (Å²) in [5, 5.41) is 18.4. The van der Waals surface area contributed by atoms with Crippen LogP contribution in [0.5, 0.6) is 0 Å². The molecule has 0 bridgehead atoms. The molecule has 2 N–H and O–H groups in total. The Morgan fingerprint density at radius 2 is 1.61 bits per heavy atom. The molecule has 1 aromatic carbocycles. The third kappa shape index (κ3) is 2.63. The topological polar surface area (TPSA) is 46.9 Å². The molecule has 2 rings (SSSR count). The lowest BCUT2D eigenvalue weighted by atomic mass is 10.1. The number of likely N-dealkylation sites (N-methyl/N-ethyl adjacent to an activating group) is 1. The van der Waals surface area contributed by atoms with E-state index >= 15 is 0 Å². The fourth-order valence-electron chi connectivity index (χ4n) is 2.23. The number of piperazine rings is 1. The Kier molecular flexibility index (Phi) is 4.16. The van der Waals surface area contributed by atoms with Crippen LogP contribution in [-0.2, 0) is 13.2 Å². The van der Waals surface area contributed by atoms with Gasteiger partial charge in [0.15, 0.2) is 0 Å². The first-order valence-corrected chi connectivity index (χ1v) is 6.12. The van der Waals surface area contributed by atoms with E-state index in [-0.39, 0.29) is 19.0 Å². The maximum atomic E-state index is 14.0. The Labute approximate surface area is 106 Å². The van der Waals surface area contributed by atoms with E-state index in [1.165, 1.54) is 6.07 Å². The van der Waals surface area contributed by atoms with Crippen LogP contribution in [0.4, 0.5) is 10.1 Å². The molecule has 18 heavy (non-hydrogen) atoms. The third-order valence-corrected chi connectivity index (χ3v) is 3.45. The van der Waals surface area contributed by atoms with Crippen LogP contribution in [0.1, 0.15) is 11.1 Å². The van der Waals surface area contributed by atoms with Crippen LogP contribution in [-0.4, -0.2) is 48.3 Å². The molecule has 0 aromatic heterocycles. The number of nitrogens with zero attached hydrogens (tertiary/aromatic N) is 2. The highest BCUT2D eigenvalue weighted by Crippen LogP contribution is 2.25. The number of hydrogen-bond donors (Lipinski definition) is 2. The zero-order valence-corrected chi connectivity index (χ0v) is 10.6. The van der Waals surface area contributed by atoms with E-state index in [4.69, 9.17) is 5.11 Å². The van der Waals surface area contributed by atoms with Gasteiger partial charge in [0, 0.05) is 26.2 Å². The van der Waals surface area contributed by atoms with E-state index < -0.39 is 0 Å². The van der Waals surface area contributed by atoms with Gasteiger partial charge in [0.2, 0.25) is 0 Å². The lowest BCUT2D eigenvalue weighted by Crippen LogP contribution is -2.44. The van der Waals surface area contributed by atoms with Gasteiger partial charge in [-0.15, -0.1) is 0 Å². The third-order valence-electron chi connectivity index (χ3n) is 3.45. The molecular weight excluding hydrogens is 235 g/mol. The summed E-state index contributed by atoms with van der Waals surface area (Å²) in [6.45, 7) is 2.91. The van der Waals surface area contributed by atoms with Crippen LogP contribution in [0.15, 0.2) is 12.1 Å². The van der Waals surface area contributed by atoms with Crippen molar-refractivity contribution in [2.24, 2.45) is 0 Å². The smallest absolute Gasteiger partial charge is 0.146 e. The summed E-state index contributed by atoms with van der Waals surface area (Å²) in [6, 6.07) is 2.96. The Morgan fingerprint density at radius 1 is 1.06 bits per heavy atom. The average Bonchev–Trinajstić information content (AvgIpc) is 2.39. The summed E-state index contributed by atoms with van der Waals surface area (Å²) >= 11 is 0. The fourth-order valence-corrected chi connectivity index (χ4v) is 2.23. The summed E-state index contributed by atoms with van der Waals surface area (Å²) in [6.07, 6.45) is 0. The van der Waals surface area contributed by atoms with Gasteiger partial charge < -0.3 is 20.0 Å². The first kappa shape index (κ1) is 13.3. The van der Waals surface area contributed by atoms with Gasteiger partial charge in [-0.25, -0.2) is 4.39 Å². The SMILES string of the molecule is CN1CCN(c2cc(CO)c(CO)cc2F)CC1. The highest BCUT2D eigenvalue weighted by molar-refractivity contribution is 5.52. The second-order valence-corrected chi connectivity index (χ2v) is 4.68. The molecule has 1 fully saturated rings. The predicted molar refractivity (Wildman–Crippen MR) is 68.0 cm³/mol. The van der Waals surface area contributed by atoms with E-state index in [0.29, 0.717) is 16.8 Å². The van der Waals surface area contributed by atoms with Crippen molar-refractivity contribution >= 4 is 5.69 Å². The molecule has 1 heterocycles. The van der Waals surface area contributed by atoms with Crippen molar-refractivity contribution in [2.45, 2.75) is 13.2 Å². The molecule has 1 aliphatic rings. The molecule has 4 nitrogen and oxygen atoms in total. The summed E-state index contributed by atoms with van der Waals surface area (Å²) in [5.41, 5.74) is 1.56. The van der Waals surface area contributed by atoms with Crippen LogP contribution in [0.3, 0.4) is 0 Å². The molecule has 1 aliphatic heterocycles. The standard InChI is InChI=1S/C13H19FN2O2/c1-15-2-4-16(5-3-15)13-7-11(9-18)10(8-17)6-12(13)14/h6-7,17-18H,2-5,8-9H2,1H3. The Balaban J connectivity index is 2.27. The Hall–Kier alpha value is -1.17. The molecule has 5 heteroatoms. The minimum atomic E-state index is -0.333. The molecular formula is C13H19FN2O2. The highest BCUT2D eigenvalue weighted by Gasteiger charge is 2.19. The predicted octanol–water partition coefficient (Wildman–Crippen LogP) is 0.562. The van der Waals surface area contributed by atoms with Crippen molar-refractivity contribution < 1.29 is 14.6 Å². The number of hydrogen-bond acceptors (Lipinski definition) is 4. The molecule has 0 radical (unpaired) electrons. The average molecular weight is 254 g/mol. The number of anilines is 1. The van der Waals surface area contributed by atoms with E-state index in [2.05, 4.69) is 4.90 Å². The molecule has 1 saturated heterocycles. The van der Waals surface area contributed by atoms with Gasteiger partial charge in [-0.05, 0) is 30.3 Å². The van der Waals surface area contributed by atoms with Crippen molar-refractivity contribution in [3.63, 3.8) is 0 Å². The van der Waals surface area contributed by atoms with E-state index in [1.54, 1.807) is 6.07 Å². The second kappa shape index (κ2) is 5.65. The van der Waals surface area contributed by atoms with Crippen LogP contribution >= 0.6 is 0 Å². The maximum absolute atomic E-state index is 14.0. The van der Waals surface area contributed by atoms with Crippen molar-refractivity contribution in [1.82, 2.24) is 4.90 Å². The second-order valence-electron chi connectivity index (χ2n) is 4.68. The molecule has 100 valence electrons. The molecule has 1 aromatic rings. The summed E-state index contributed by atoms with van der Waals surface area (Å²) in [5.74, 6) is -0.333. The van der Waals surface area contributed by atoms with Crippen molar-refractivity contribution in [1.29, 1.82) is 0 Å². The number of halogens is 1. The lowest BCUT2D eigenvalue weighted by Gasteiger charge is -2.34. The molecule has 0 amide bonds. The van der Waals surface area contributed by atoms with Crippen molar-refractivity contribution in [2.75, 3.05) is 38.1 Å². The van der Waals surface area contributed by atoms with E-state index in [1.807, 2.05) is 11.9 Å². The van der Waals surface area contributed by atoms with Gasteiger partial charge in [0.1, 0.15) is 5.82 Å². The minimum Gasteiger partial charge on any atom is -0.392 e. The first-order valence-electron chi connectivity index (χ1n) is 6.12. The van der Waals surface area contributed by atoms with Crippen LogP contribution in [0.2, 0.25) is 0 Å². The van der Waals surface area contributed by atoms with Crippen LogP contribution in [0.25, 0.3) is 0 Å². The molecule has 0 spiro atoms. The quantitative estimate of drug-likeness (QED) is 0.827. The van der Waals surface area contributed by atoms with Gasteiger partial charge in [-0.2, -0.15) is 0 Å². The Morgan fingerprint density at radius 3 is 2.17 bits per heavy atom. The lowest BCUT2D eigenvalue weighted by molar-refractivity contribution is 0.259. The largest absolute Gasteiger partial charge is 0.392 e. The fraction of sp³-hybridized carbons (Fsp3) is 0.538. The molecule has 0 saturated carbocycles. The maximum Gasteiger partial charge on any atom is 0.146 e. The number of rotatable bonds is 3. The summed E-state index contributed by atoms with van der Waals surface area (Å²) < 4.78 is 14.0. The number of aliphatic hydroxyl groups is 2. The molecule has 0 unspecified atom stereocenters. The van der Waals surface area contributed by atoms with Crippen LogP contribution in [0, 0.1) is 5.82 Å². The Bertz CT molecular complexity index is 418. The summed E-state index contributed by atoms with van der Waals surface area (Å²) in [4.78, 5) is 4.18. The van der Waals surface area contributed by atoms with Crippen molar-refractivity contribution in [3.05, 3.63) is 29.1 Å². The first-order chi connectivity index (χ1) is 8.65. The molecule has 0 atom stereocenters. The van der Waals surface area contributed by atoms with Crippen LogP contribution < -0.4 is 4.90 Å². The van der Waals surface area contributed by atoms with Gasteiger partial charge in [0.05, 0.1) is 18.9 Å². The van der Waals surface area contributed by atoms with Gasteiger partial charge in [-0.1, -0.05) is 0 Å². The minimum absolute atomic E-state index is 0.184. The zero-order valence-electron chi connectivity index (χ0n) is 10.6. The highest BCUT2D eigenvalue weighted by atomic mass is 19.1. The van der Waals surface area contributed by atoms with E-state index in [9.17, 15) is 9.50 Å². The molecule has 0 aliphatic carbocycles. The zero-order chi connectivity index (χ0) is 13.1. The van der Waals surface area contributed by atoms with Gasteiger partial charge >= 0.3 is 0 Å². The normalized spacial score (nSPS) is 17.2. The number of benzene rings is 1.